The second-order valence-electron chi connectivity index (χ2n) is 3.94. The smallest absolute Gasteiger partial charge is 0.306 e. The molecule has 1 N–H and O–H groups in total. The maximum Gasteiger partial charge on any atom is 0.306 e. The first kappa shape index (κ1) is 10.2. The van der Waals surface area contributed by atoms with Crippen molar-refractivity contribution in [3.8, 4) is 0 Å². The quantitative estimate of drug-likeness (QED) is 0.800. The Labute approximate surface area is 88.7 Å². The van der Waals surface area contributed by atoms with Crippen LogP contribution < -0.4 is 0 Å². The highest BCUT2D eigenvalue weighted by Gasteiger charge is 2.43. The summed E-state index contributed by atoms with van der Waals surface area (Å²) in [4.78, 5) is 10.5. The molecule has 80 valence electrons. The molecule has 3 nitrogen and oxygen atoms in total. The zero-order chi connectivity index (χ0) is 10.7. The van der Waals surface area contributed by atoms with Crippen molar-refractivity contribution in [1.29, 1.82) is 0 Å². The average Bonchev–Trinajstić information content (AvgIpc) is 2.99. The molecule has 1 aromatic carbocycles. The van der Waals surface area contributed by atoms with Crippen LogP contribution in [0.25, 0.3) is 0 Å². The molecule has 2 atom stereocenters. The highest BCUT2D eigenvalue weighted by molar-refractivity contribution is 5.73. The van der Waals surface area contributed by atoms with Crippen LogP contribution >= 0.6 is 0 Å². The summed E-state index contributed by atoms with van der Waals surface area (Å²) in [5.41, 5.74) is 1.13. The van der Waals surface area contributed by atoms with Crippen LogP contribution in [-0.2, 0) is 16.1 Å². The van der Waals surface area contributed by atoms with Gasteiger partial charge in [-0.25, -0.2) is 0 Å². The topological polar surface area (TPSA) is 46.5 Å². The van der Waals surface area contributed by atoms with E-state index in [2.05, 4.69) is 0 Å². The number of hydrogen-bond donors (Lipinski definition) is 1. The molecule has 1 aliphatic rings. The van der Waals surface area contributed by atoms with E-state index in [9.17, 15) is 4.79 Å². The summed E-state index contributed by atoms with van der Waals surface area (Å²) in [5.74, 6) is -0.629. The number of rotatable bonds is 5. The van der Waals surface area contributed by atoms with E-state index in [4.69, 9.17) is 9.84 Å². The molecule has 15 heavy (non-hydrogen) atoms. The minimum Gasteiger partial charge on any atom is -0.481 e. The molecular formula is C12H14O3. The van der Waals surface area contributed by atoms with Gasteiger partial charge in [0.15, 0.2) is 0 Å². The van der Waals surface area contributed by atoms with E-state index in [-0.39, 0.29) is 11.8 Å². The predicted molar refractivity (Wildman–Crippen MR) is 55.3 cm³/mol. The molecule has 1 fully saturated rings. The van der Waals surface area contributed by atoms with Crippen molar-refractivity contribution in [2.75, 3.05) is 6.61 Å². The van der Waals surface area contributed by atoms with Crippen LogP contribution in [0.15, 0.2) is 30.3 Å². The Kier molecular flexibility index (Phi) is 3.02. The van der Waals surface area contributed by atoms with E-state index in [1.54, 1.807) is 0 Å². The van der Waals surface area contributed by atoms with Crippen molar-refractivity contribution in [3.63, 3.8) is 0 Å². The van der Waals surface area contributed by atoms with Gasteiger partial charge >= 0.3 is 5.97 Å². The largest absolute Gasteiger partial charge is 0.481 e. The maximum atomic E-state index is 10.5. The number of aliphatic carboxylic acids is 1. The molecule has 1 aliphatic carbocycles. The third kappa shape index (κ3) is 2.80. The van der Waals surface area contributed by atoms with Gasteiger partial charge in [-0.1, -0.05) is 30.3 Å². The van der Waals surface area contributed by atoms with Crippen molar-refractivity contribution in [3.05, 3.63) is 35.9 Å². The average molecular weight is 206 g/mol. The third-order valence-electron chi connectivity index (χ3n) is 2.68. The number of benzene rings is 1. The Bertz CT molecular complexity index is 334. The zero-order valence-corrected chi connectivity index (χ0v) is 8.43. The fourth-order valence-electron chi connectivity index (χ4n) is 1.64. The van der Waals surface area contributed by atoms with Crippen LogP contribution in [0.1, 0.15) is 12.0 Å². The summed E-state index contributed by atoms with van der Waals surface area (Å²) in [5, 5.41) is 8.68. The summed E-state index contributed by atoms with van der Waals surface area (Å²) in [6.45, 7) is 1.13. The Balaban J connectivity index is 1.67. The number of hydrogen-bond acceptors (Lipinski definition) is 2. The van der Waals surface area contributed by atoms with E-state index in [0.29, 0.717) is 13.2 Å². The highest BCUT2D eigenvalue weighted by Crippen LogP contribution is 2.38. The molecule has 0 spiro atoms. The lowest BCUT2D eigenvalue weighted by Gasteiger charge is -2.02. The predicted octanol–water partition coefficient (Wildman–Crippen LogP) is 1.92. The molecule has 1 aromatic rings. The van der Waals surface area contributed by atoms with Gasteiger partial charge in [0.1, 0.15) is 0 Å². The number of carboxylic acid groups (broad SMARTS) is 1. The van der Waals surface area contributed by atoms with Crippen molar-refractivity contribution < 1.29 is 14.6 Å². The fraction of sp³-hybridized carbons (Fsp3) is 0.417. The van der Waals surface area contributed by atoms with Gasteiger partial charge in [-0.05, 0) is 17.9 Å². The molecular weight excluding hydrogens is 192 g/mol. The van der Waals surface area contributed by atoms with Crippen molar-refractivity contribution in [1.82, 2.24) is 0 Å². The summed E-state index contributed by atoms with van der Waals surface area (Å²) in [6.07, 6.45) is 0.768. The molecule has 3 heteroatoms. The second kappa shape index (κ2) is 4.45. The van der Waals surface area contributed by atoms with Crippen molar-refractivity contribution in [2.24, 2.45) is 11.8 Å². The molecule has 0 amide bonds. The van der Waals surface area contributed by atoms with E-state index >= 15 is 0 Å². The molecule has 0 aromatic heterocycles. The molecule has 2 rings (SSSR count). The Morgan fingerprint density at radius 1 is 1.40 bits per heavy atom. The van der Waals surface area contributed by atoms with Crippen LogP contribution in [0.2, 0.25) is 0 Å². The monoisotopic (exact) mass is 206 g/mol. The highest BCUT2D eigenvalue weighted by atomic mass is 16.5. The van der Waals surface area contributed by atoms with Gasteiger partial charge in [-0.3, -0.25) is 4.79 Å². The van der Waals surface area contributed by atoms with Gasteiger partial charge in [-0.15, -0.1) is 0 Å². The van der Waals surface area contributed by atoms with E-state index in [1.165, 1.54) is 0 Å². The first-order valence-corrected chi connectivity index (χ1v) is 5.12. The van der Waals surface area contributed by atoms with E-state index < -0.39 is 5.97 Å². The third-order valence-corrected chi connectivity index (χ3v) is 2.68. The lowest BCUT2D eigenvalue weighted by molar-refractivity contribution is -0.139. The summed E-state index contributed by atoms with van der Waals surface area (Å²) in [6, 6.07) is 9.90. The number of ether oxygens (including phenoxy) is 1. The van der Waals surface area contributed by atoms with Gasteiger partial charge in [0, 0.05) is 0 Å². The van der Waals surface area contributed by atoms with Gasteiger partial charge < -0.3 is 9.84 Å². The van der Waals surface area contributed by atoms with Gasteiger partial charge in [0.05, 0.1) is 19.1 Å². The SMILES string of the molecule is O=C(O)[C@H]1C[C@H]1COCc1ccccc1. The molecule has 0 aliphatic heterocycles. The van der Waals surface area contributed by atoms with Crippen molar-refractivity contribution >= 4 is 5.97 Å². The molecule has 0 unspecified atom stereocenters. The van der Waals surface area contributed by atoms with Gasteiger partial charge in [0.25, 0.3) is 0 Å². The molecule has 0 radical (unpaired) electrons. The maximum absolute atomic E-state index is 10.5. The van der Waals surface area contributed by atoms with E-state index in [0.717, 1.165) is 12.0 Å². The molecule has 0 bridgehead atoms. The zero-order valence-electron chi connectivity index (χ0n) is 8.43. The minimum absolute atomic E-state index is 0.166. The number of carbonyl (C=O) groups is 1. The first-order valence-electron chi connectivity index (χ1n) is 5.12. The molecule has 1 saturated carbocycles. The molecule has 0 heterocycles. The van der Waals surface area contributed by atoms with Crippen LogP contribution in [0.3, 0.4) is 0 Å². The normalized spacial score (nSPS) is 23.7. The minimum atomic E-state index is -0.691. The Hall–Kier alpha value is -1.35. The Morgan fingerprint density at radius 2 is 2.13 bits per heavy atom. The summed E-state index contributed by atoms with van der Waals surface area (Å²) < 4.78 is 5.46. The van der Waals surface area contributed by atoms with Crippen molar-refractivity contribution in [2.45, 2.75) is 13.0 Å². The number of carboxylic acids is 1. The van der Waals surface area contributed by atoms with Crippen LogP contribution in [0, 0.1) is 11.8 Å². The van der Waals surface area contributed by atoms with Crippen LogP contribution in [0.5, 0.6) is 0 Å². The lowest BCUT2D eigenvalue weighted by Crippen LogP contribution is -2.04. The van der Waals surface area contributed by atoms with Gasteiger partial charge in [-0.2, -0.15) is 0 Å². The fourth-order valence-corrected chi connectivity index (χ4v) is 1.64. The molecule has 0 saturated heterocycles. The summed E-state index contributed by atoms with van der Waals surface area (Å²) in [7, 11) is 0. The Morgan fingerprint density at radius 3 is 2.73 bits per heavy atom. The summed E-state index contributed by atoms with van der Waals surface area (Å²) >= 11 is 0. The second-order valence-corrected chi connectivity index (χ2v) is 3.94. The first-order chi connectivity index (χ1) is 7.27. The van der Waals surface area contributed by atoms with E-state index in [1.807, 2.05) is 30.3 Å². The van der Waals surface area contributed by atoms with Crippen LogP contribution in [-0.4, -0.2) is 17.7 Å². The van der Waals surface area contributed by atoms with Crippen LogP contribution in [0.4, 0.5) is 0 Å². The van der Waals surface area contributed by atoms with Gasteiger partial charge in [0.2, 0.25) is 0 Å². The standard InChI is InChI=1S/C12H14O3/c13-12(14)11-6-10(11)8-15-7-9-4-2-1-3-5-9/h1-5,10-11H,6-8H2,(H,13,14)/t10-,11-/m0/s1. The lowest BCUT2D eigenvalue weighted by atomic mass is 10.2.